The second-order valence-corrected chi connectivity index (χ2v) is 6.14. The first kappa shape index (κ1) is 19.7. The molecule has 3 N–H and O–H groups in total. The third-order valence-corrected chi connectivity index (χ3v) is 4.30. The summed E-state index contributed by atoms with van der Waals surface area (Å²) in [4.78, 5) is 23.1. The maximum atomic E-state index is 12.9. The Balaban J connectivity index is 1.90. The average molecular weight is 391 g/mol. The number of hydrogen-bond acceptors (Lipinski definition) is 6. The van der Waals surface area contributed by atoms with E-state index in [1.807, 2.05) is 0 Å². The molecule has 0 saturated heterocycles. The number of non-ortho nitro benzene ring substituents is 1. The zero-order chi connectivity index (χ0) is 20.9. The molecule has 1 amide bonds. The third-order valence-electron chi connectivity index (χ3n) is 4.30. The lowest BCUT2D eigenvalue weighted by Gasteiger charge is -2.27. The molecule has 3 rings (SSSR count). The van der Waals surface area contributed by atoms with Gasteiger partial charge in [0.15, 0.2) is 5.60 Å². The Morgan fingerprint density at radius 1 is 1.00 bits per heavy atom. The highest BCUT2D eigenvalue weighted by Gasteiger charge is 2.39. The van der Waals surface area contributed by atoms with E-state index in [-0.39, 0.29) is 17.0 Å². The van der Waals surface area contributed by atoms with Crippen LogP contribution in [-0.4, -0.2) is 27.3 Å². The molecule has 146 valence electrons. The molecule has 0 aliphatic carbocycles. The number of aromatic hydroxyl groups is 1. The number of nitrogens with one attached hydrogen (secondary N) is 1. The second kappa shape index (κ2) is 8.32. The molecule has 0 radical (unpaired) electrons. The van der Waals surface area contributed by atoms with E-state index in [1.165, 1.54) is 0 Å². The topological polar surface area (TPSA) is 125 Å². The van der Waals surface area contributed by atoms with E-state index in [0.717, 1.165) is 24.4 Å². The largest absolute Gasteiger partial charge is 0.507 e. The number of rotatable bonds is 6. The lowest BCUT2D eigenvalue weighted by Crippen LogP contribution is -2.43. The first-order valence-corrected chi connectivity index (χ1v) is 8.57. The number of aliphatic hydroxyl groups is 1. The summed E-state index contributed by atoms with van der Waals surface area (Å²) in [6.07, 6.45) is 1.07. The molecule has 0 bridgehead atoms. The van der Waals surface area contributed by atoms with E-state index < -0.39 is 16.4 Å². The van der Waals surface area contributed by atoms with E-state index in [1.54, 1.807) is 60.7 Å². The van der Waals surface area contributed by atoms with E-state index in [2.05, 4.69) is 10.5 Å². The molecule has 29 heavy (non-hydrogen) atoms. The van der Waals surface area contributed by atoms with Crippen molar-refractivity contribution in [2.24, 2.45) is 5.10 Å². The number of phenolic OH excluding ortho intramolecular Hbond substituents is 1. The third kappa shape index (κ3) is 4.12. The summed E-state index contributed by atoms with van der Waals surface area (Å²) in [7, 11) is 0. The highest BCUT2D eigenvalue weighted by molar-refractivity contribution is 5.91. The molecule has 0 unspecified atom stereocenters. The molecular formula is C21H17N3O5. The fourth-order valence-corrected chi connectivity index (χ4v) is 2.79. The number of amides is 1. The first-order chi connectivity index (χ1) is 13.9. The van der Waals surface area contributed by atoms with E-state index >= 15 is 0 Å². The SMILES string of the molecule is O=C(NN=Cc1cc([N+](=O)[O-])ccc1O)C(O)(c1ccccc1)c1ccccc1. The van der Waals surface area contributed by atoms with Gasteiger partial charge < -0.3 is 10.2 Å². The lowest BCUT2D eigenvalue weighted by molar-refractivity contribution is -0.384. The van der Waals surface area contributed by atoms with Gasteiger partial charge in [-0.25, -0.2) is 5.43 Å². The number of nitrogens with zero attached hydrogens (tertiary/aromatic N) is 2. The normalized spacial score (nSPS) is 11.3. The summed E-state index contributed by atoms with van der Waals surface area (Å²) < 4.78 is 0. The van der Waals surface area contributed by atoms with Gasteiger partial charge in [0.2, 0.25) is 0 Å². The summed E-state index contributed by atoms with van der Waals surface area (Å²) in [6.45, 7) is 0. The van der Waals surface area contributed by atoms with Gasteiger partial charge >= 0.3 is 0 Å². The molecule has 0 fully saturated rings. The lowest BCUT2D eigenvalue weighted by atomic mass is 9.85. The van der Waals surface area contributed by atoms with Crippen LogP contribution in [0.1, 0.15) is 16.7 Å². The number of phenols is 1. The molecule has 0 saturated carbocycles. The number of hydrazone groups is 1. The number of nitro benzene ring substituents is 1. The van der Waals surface area contributed by atoms with Gasteiger partial charge in [0.25, 0.3) is 11.6 Å². The monoisotopic (exact) mass is 391 g/mol. The summed E-state index contributed by atoms with van der Waals surface area (Å²) in [5.41, 5.74) is 0.732. The van der Waals surface area contributed by atoms with Gasteiger partial charge in [-0.05, 0) is 17.2 Å². The van der Waals surface area contributed by atoms with Crippen LogP contribution in [0, 0.1) is 10.1 Å². The van der Waals surface area contributed by atoms with Gasteiger partial charge in [-0.1, -0.05) is 60.7 Å². The van der Waals surface area contributed by atoms with Crippen LogP contribution >= 0.6 is 0 Å². The van der Waals surface area contributed by atoms with Crippen molar-refractivity contribution < 1.29 is 19.9 Å². The summed E-state index contributed by atoms with van der Waals surface area (Å²) >= 11 is 0. The van der Waals surface area contributed by atoms with Crippen molar-refractivity contribution in [2.75, 3.05) is 0 Å². The van der Waals surface area contributed by atoms with Crippen LogP contribution in [0.4, 0.5) is 5.69 Å². The van der Waals surface area contributed by atoms with Crippen molar-refractivity contribution in [1.29, 1.82) is 0 Å². The fourth-order valence-electron chi connectivity index (χ4n) is 2.79. The number of hydrogen-bond donors (Lipinski definition) is 3. The molecule has 0 atom stereocenters. The van der Waals surface area contributed by atoms with Crippen molar-refractivity contribution in [1.82, 2.24) is 5.43 Å². The van der Waals surface area contributed by atoms with Crippen molar-refractivity contribution in [3.8, 4) is 5.75 Å². The Hall–Kier alpha value is -4.04. The predicted octanol–water partition coefficient (Wildman–Crippen LogP) is 2.69. The van der Waals surface area contributed by atoms with Crippen molar-refractivity contribution in [2.45, 2.75) is 5.60 Å². The van der Waals surface area contributed by atoms with E-state index in [0.29, 0.717) is 11.1 Å². The number of carbonyl (C=O) groups is 1. The molecule has 0 aromatic heterocycles. The average Bonchev–Trinajstić information content (AvgIpc) is 2.75. The molecule has 0 heterocycles. The molecule has 0 aliphatic heterocycles. The Morgan fingerprint density at radius 2 is 1.55 bits per heavy atom. The highest BCUT2D eigenvalue weighted by Crippen LogP contribution is 2.30. The molecule has 3 aromatic rings. The Labute approximate surface area is 165 Å². The number of carbonyl (C=O) groups excluding carboxylic acids is 1. The Bertz CT molecular complexity index is 1010. The van der Waals surface area contributed by atoms with Gasteiger partial charge in [-0.3, -0.25) is 14.9 Å². The van der Waals surface area contributed by atoms with Crippen LogP contribution < -0.4 is 5.43 Å². The van der Waals surface area contributed by atoms with E-state index in [9.17, 15) is 25.1 Å². The summed E-state index contributed by atoms with van der Waals surface area (Å²) in [5.74, 6) is -1.06. The molecule has 8 heteroatoms. The van der Waals surface area contributed by atoms with Crippen LogP contribution in [0.15, 0.2) is 84.0 Å². The predicted molar refractivity (Wildman–Crippen MR) is 106 cm³/mol. The summed E-state index contributed by atoms with van der Waals surface area (Å²) in [6, 6.07) is 20.2. The second-order valence-electron chi connectivity index (χ2n) is 6.14. The molecule has 8 nitrogen and oxygen atoms in total. The maximum Gasteiger partial charge on any atom is 0.281 e. The zero-order valence-corrected chi connectivity index (χ0v) is 15.1. The molecule has 3 aromatic carbocycles. The standard InChI is InChI=1S/C21H17N3O5/c25-19-12-11-18(24(28)29)13-15(19)14-22-23-20(26)21(27,16-7-3-1-4-8-16)17-9-5-2-6-10-17/h1-14,25,27H,(H,23,26). The van der Waals surface area contributed by atoms with Crippen molar-refractivity contribution in [3.63, 3.8) is 0 Å². The highest BCUT2D eigenvalue weighted by atomic mass is 16.6. The minimum atomic E-state index is -2.01. The van der Waals surface area contributed by atoms with Crippen LogP contribution in [0.3, 0.4) is 0 Å². The minimum Gasteiger partial charge on any atom is -0.507 e. The van der Waals surface area contributed by atoms with Gasteiger partial charge in [-0.2, -0.15) is 5.10 Å². The Morgan fingerprint density at radius 3 is 2.07 bits per heavy atom. The first-order valence-electron chi connectivity index (χ1n) is 8.57. The molecular weight excluding hydrogens is 374 g/mol. The van der Waals surface area contributed by atoms with Crippen LogP contribution in [0.25, 0.3) is 0 Å². The minimum absolute atomic E-state index is 0.0439. The van der Waals surface area contributed by atoms with Crippen LogP contribution in [0.5, 0.6) is 5.75 Å². The smallest absolute Gasteiger partial charge is 0.281 e. The van der Waals surface area contributed by atoms with Crippen LogP contribution in [-0.2, 0) is 10.4 Å². The van der Waals surface area contributed by atoms with Gasteiger partial charge in [0, 0.05) is 17.7 Å². The molecule has 0 spiro atoms. The number of nitro groups is 1. The van der Waals surface area contributed by atoms with Crippen molar-refractivity contribution in [3.05, 3.63) is 106 Å². The quantitative estimate of drug-likeness (QED) is 0.338. The summed E-state index contributed by atoms with van der Waals surface area (Å²) in [5, 5.41) is 35.7. The molecule has 0 aliphatic rings. The van der Waals surface area contributed by atoms with Gasteiger partial charge in [0.05, 0.1) is 11.1 Å². The van der Waals surface area contributed by atoms with Crippen LogP contribution in [0.2, 0.25) is 0 Å². The van der Waals surface area contributed by atoms with Gasteiger partial charge in [-0.15, -0.1) is 0 Å². The zero-order valence-electron chi connectivity index (χ0n) is 15.1. The fraction of sp³-hybridized carbons (Fsp3) is 0.0476. The Kier molecular flexibility index (Phi) is 5.66. The maximum absolute atomic E-state index is 12.9. The van der Waals surface area contributed by atoms with Crippen molar-refractivity contribution >= 4 is 17.8 Å². The van der Waals surface area contributed by atoms with Gasteiger partial charge in [0.1, 0.15) is 5.75 Å². The number of benzene rings is 3. The van der Waals surface area contributed by atoms with E-state index in [4.69, 9.17) is 0 Å².